The van der Waals surface area contributed by atoms with Gasteiger partial charge in [0.05, 0.1) is 6.61 Å². The van der Waals surface area contributed by atoms with Gasteiger partial charge in [0, 0.05) is 6.92 Å². The molecule has 0 spiro atoms. The molecule has 0 aromatic rings. The van der Waals surface area contributed by atoms with Crippen molar-refractivity contribution in [2.75, 3.05) is 13.2 Å². The van der Waals surface area contributed by atoms with E-state index in [1.54, 1.807) is 0 Å². The normalized spacial score (nSPS) is 31.6. The van der Waals surface area contributed by atoms with E-state index in [9.17, 15) is 15.0 Å². The average molecular weight is 390 g/mol. The summed E-state index contributed by atoms with van der Waals surface area (Å²) in [5.41, 5.74) is 0. The molecule has 0 aliphatic carbocycles. The summed E-state index contributed by atoms with van der Waals surface area (Å²) >= 11 is 0. The van der Waals surface area contributed by atoms with Crippen molar-refractivity contribution in [3.05, 3.63) is 0 Å². The topological polar surface area (TPSA) is 104 Å². The van der Waals surface area contributed by atoms with Gasteiger partial charge >= 0.3 is 5.97 Å². The molecule has 0 aromatic heterocycles. The van der Waals surface area contributed by atoms with E-state index in [0.717, 1.165) is 0 Å². The Hall–Kier alpha value is -0.770. The fourth-order valence-corrected chi connectivity index (χ4v) is 3.68. The Morgan fingerprint density at radius 1 is 1.00 bits per heavy atom. The highest BCUT2D eigenvalue weighted by Gasteiger charge is 2.52. The van der Waals surface area contributed by atoms with Crippen LogP contribution in [0.2, 0.25) is 0 Å². The highest BCUT2D eigenvalue weighted by molar-refractivity contribution is 5.65. The smallest absolute Gasteiger partial charge is 0.302 e. The lowest BCUT2D eigenvalue weighted by Crippen LogP contribution is -2.50. The lowest BCUT2D eigenvalue weighted by Gasteiger charge is -2.31. The summed E-state index contributed by atoms with van der Waals surface area (Å²) in [7, 11) is 0. The molecule has 0 bridgehead atoms. The van der Waals surface area contributed by atoms with E-state index in [2.05, 4.69) is 0 Å². The summed E-state index contributed by atoms with van der Waals surface area (Å²) in [6.45, 7) is 9.19. The minimum Gasteiger partial charge on any atom is -0.463 e. The van der Waals surface area contributed by atoms with Crippen LogP contribution in [0.4, 0.5) is 0 Å². The van der Waals surface area contributed by atoms with E-state index >= 15 is 0 Å². The molecule has 2 heterocycles. The molecule has 158 valence electrons. The Balaban J connectivity index is 2.10. The Kier molecular flexibility index (Phi) is 7.63. The van der Waals surface area contributed by atoms with Crippen molar-refractivity contribution in [2.24, 2.45) is 0 Å². The van der Waals surface area contributed by atoms with Crippen molar-refractivity contribution in [1.82, 2.24) is 0 Å². The van der Waals surface area contributed by atoms with Gasteiger partial charge in [0.15, 0.2) is 11.6 Å². The molecule has 8 heteroatoms. The number of aliphatic hydroxyl groups is 2. The number of hydrogen-bond donors (Lipinski definition) is 2. The molecule has 2 rings (SSSR count). The zero-order valence-electron chi connectivity index (χ0n) is 17.0. The third-order valence-corrected chi connectivity index (χ3v) is 5.63. The van der Waals surface area contributed by atoms with Crippen LogP contribution in [0, 0.1) is 0 Å². The van der Waals surface area contributed by atoms with Crippen molar-refractivity contribution >= 4 is 5.97 Å². The molecule has 0 aromatic carbocycles. The highest BCUT2D eigenvalue weighted by Crippen LogP contribution is 2.38. The summed E-state index contributed by atoms with van der Waals surface area (Å²) < 4.78 is 28.7. The number of ether oxygens (including phenoxy) is 5. The van der Waals surface area contributed by atoms with Crippen molar-refractivity contribution < 1.29 is 38.7 Å². The maximum absolute atomic E-state index is 11.2. The Bertz CT molecular complexity index is 488. The molecule has 8 nitrogen and oxygen atoms in total. The Morgan fingerprint density at radius 2 is 1.59 bits per heavy atom. The predicted molar refractivity (Wildman–Crippen MR) is 95.8 cm³/mol. The van der Waals surface area contributed by atoms with Crippen molar-refractivity contribution in [3.63, 3.8) is 0 Å². The van der Waals surface area contributed by atoms with Gasteiger partial charge in [-0.2, -0.15) is 0 Å². The maximum atomic E-state index is 11.2. The van der Waals surface area contributed by atoms with E-state index in [4.69, 9.17) is 23.7 Å². The highest BCUT2D eigenvalue weighted by atomic mass is 16.8. The number of carbonyl (C=O) groups is 1. The van der Waals surface area contributed by atoms with E-state index in [1.807, 2.05) is 27.7 Å². The molecule has 2 fully saturated rings. The van der Waals surface area contributed by atoms with Gasteiger partial charge in [-0.05, 0) is 25.7 Å². The fraction of sp³-hybridized carbons (Fsp3) is 0.947. The molecule has 2 aliphatic heterocycles. The Labute approximate surface area is 161 Å². The van der Waals surface area contributed by atoms with Crippen LogP contribution in [-0.4, -0.2) is 71.5 Å². The number of esters is 1. The number of hydrogen-bond acceptors (Lipinski definition) is 8. The second kappa shape index (κ2) is 9.15. The minimum atomic E-state index is -1.27. The third-order valence-electron chi connectivity index (χ3n) is 5.63. The molecular weight excluding hydrogens is 356 g/mol. The lowest BCUT2D eigenvalue weighted by atomic mass is 9.99. The SMILES string of the molecule is CCC1(CC)OCC(C(O)C(O)C2OC(CC)(CC)OC2COC(C)=O)O1. The van der Waals surface area contributed by atoms with Crippen LogP contribution in [0.3, 0.4) is 0 Å². The molecule has 2 saturated heterocycles. The summed E-state index contributed by atoms with van der Waals surface area (Å²) in [5.74, 6) is -2.05. The van der Waals surface area contributed by atoms with E-state index in [1.165, 1.54) is 6.92 Å². The molecule has 5 atom stereocenters. The zero-order valence-corrected chi connectivity index (χ0v) is 17.0. The maximum Gasteiger partial charge on any atom is 0.302 e. The molecule has 27 heavy (non-hydrogen) atoms. The molecule has 0 saturated carbocycles. The largest absolute Gasteiger partial charge is 0.463 e. The summed E-state index contributed by atoms with van der Waals surface area (Å²) in [4.78, 5) is 11.2. The van der Waals surface area contributed by atoms with Gasteiger partial charge < -0.3 is 33.9 Å². The third kappa shape index (κ3) is 4.81. The van der Waals surface area contributed by atoms with Gasteiger partial charge in [-0.1, -0.05) is 27.7 Å². The van der Waals surface area contributed by atoms with Crippen LogP contribution >= 0.6 is 0 Å². The fourth-order valence-electron chi connectivity index (χ4n) is 3.68. The number of carbonyl (C=O) groups excluding carboxylic acids is 1. The standard InChI is InChI=1S/C19H34O8/c1-6-18(7-2)24-11-13(25-18)15(21)16(22)17-14(10-23-12(5)20)26-19(8-3,9-4)27-17/h13-17,21-22H,6-11H2,1-5H3. The average Bonchev–Trinajstić information content (AvgIpc) is 3.28. The van der Waals surface area contributed by atoms with Crippen molar-refractivity contribution in [2.45, 2.75) is 102 Å². The first-order chi connectivity index (χ1) is 12.7. The van der Waals surface area contributed by atoms with Gasteiger partial charge in [-0.15, -0.1) is 0 Å². The van der Waals surface area contributed by atoms with Crippen LogP contribution in [0.15, 0.2) is 0 Å². The molecule has 2 aliphatic rings. The Morgan fingerprint density at radius 3 is 2.07 bits per heavy atom. The van der Waals surface area contributed by atoms with Gasteiger partial charge in [0.2, 0.25) is 0 Å². The van der Waals surface area contributed by atoms with Gasteiger partial charge in [-0.3, -0.25) is 4.79 Å². The molecule has 0 radical (unpaired) electrons. The molecule has 0 amide bonds. The van der Waals surface area contributed by atoms with E-state index in [-0.39, 0.29) is 13.2 Å². The van der Waals surface area contributed by atoms with Gasteiger partial charge in [0.1, 0.15) is 37.1 Å². The zero-order chi connectivity index (χ0) is 20.2. The first-order valence-corrected chi connectivity index (χ1v) is 9.92. The molecule has 2 N–H and O–H groups in total. The quantitative estimate of drug-likeness (QED) is 0.571. The van der Waals surface area contributed by atoms with Crippen LogP contribution in [0.1, 0.15) is 60.3 Å². The van der Waals surface area contributed by atoms with E-state index in [0.29, 0.717) is 25.7 Å². The van der Waals surface area contributed by atoms with Crippen LogP contribution in [-0.2, 0) is 28.5 Å². The monoisotopic (exact) mass is 390 g/mol. The minimum absolute atomic E-state index is 0.0542. The number of rotatable bonds is 9. The summed E-state index contributed by atoms with van der Waals surface area (Å²) in [5, 5.41) is 21.5. The van der Waals surface area contributed by atoms with E-state index < -0.39 is 48.1 Å². The van der Waals surface area contributed by atoms with Crippen LogP contribution in [0.5, 0.6) is 0 Å². The first kappa shape index (κ1) is 22.5. The number of aliphatic hydroxyl groups excluding tert-OH is 2. The van der Waals surface area contributed by atoms with Crippen molar-refractivity contribution in [3.8, 4) is 0 Å². The first-order valence-electron chi connectivity index (χ1n) is 9.92. The predicted octanol–water partition coefficient (Wildman–Crippen LogP) is 1.50. The van der Waals surface area contributed by atoms with Crippen LogP contribution < -0.4 is 0 Å². The lowest BCUT2D eigenvalue weighted by molar-refractivity contribution is -0.207. The molecule has 5 unspecified atom stereocenters. The second-order valence-corrected chi connectivity index (χ2v) is 7.23. The van der Waals surface area contributed by atoms with Crippen molar-refractivity contribution in [1.29, 1.82) is 0 Å². The van der Waals surface area contributed by atoms with Gasteiger partial charge in [-0.25, -0.2) is 0 Å². The summed E-state index contributed by atoms with van der Waals surface area (Å²) in [6.07, 6.45) is -2.26. The molecular formula is C19H34O8. The second-order valence-electron chi connectivity index (χ2n) is 7.23. The van der Waals surface area contributed by atoms with Crippen LogP contribution in [0.25, 0.3) is 0 Å². The van der Waals surface area contributed by atoms with Gasteiger partial charge in [0.25, 0.3) is 0 Å². The summed E-state index contributed by atoms with van der Waals surface area (Å²) in [6, 6.07) is 0.